The molecule has 16 heavy (non-hydrogen) atoms. The maximum Gasteiger partial charge on any atom is 0.139 e. The fourth-order valence-corrected chi connectivity index (χ4v) is 3.90. The third kappa shape index (κ3) is 2.09. The summed E-state index contributed by atoms with van der Waals surface area (Å²) < 4.78 is 11.8. The molecule has 2 rings (SSSR count). The van der Waals surface area contributed by atoms with Gasteiger partial charge >= 0.3 is 0 Å². The molecular weight excluding hydrogens is 220 g/mol. The van der Waals surface area contributed by atoms with Crippen LogP contribution in [-0.4, -0.2) is 15.2 Å². The smallest absolute Gasteiger partial charge is 0.139 e. The van der Waals surface area contributed by atoms with Crippen molar-refractivity contribution < 1.29 is 9.00 Å². The molecule has 1 atom stereocenters. The van der Waals surface area contributed by atoms with Gasteiger partial charge in [-0.15, -0.1) is 0 Å². The van der Waals surface area contributed by atoms with Crippen LogP contribution in [0.2, 0.25) is 0 Å². The highest BCUT2D eigenvalue weighted by atomic mass is 32.2. The van der Waals surface area contributed by atoms with Gasteiger partial charge < -0.3 is 4.79 Å². The highest BCUT2D eigenvalue weighted by Crippen LogP contribution is 2.34. The highest BCUT2D eigenvalue weighted by Gasteiger charge is 2.38. The first-order valence-corrected chi connectivity index (χ1v) is 6.87. The van der Waals surface area contributed by atoms with Crippen molar-refractivity contribution >= 4 is 17.1 Å². The van der Waals surface area contributed by atoms with Gasteiger partial charge in [0.1, 0.15) is 11.0 Å². The zero-order valence-corrected chi connectivity index (χ0v) is 10.0. The molecule has 2 nitrogen and oxygen atoms in total. The van der Waals surface area contributed by atoms with E-state index in [1.54, 1.807) is 0 Å². The summed E-state index contributed by atoms with van der Waals surface area (Å²) in [6.07, 6.45) is 5.63. The van der Waals surface area contributed by atoms with E-state index < -0.39 is 15.5 Å². The minimum atomic E-state index is -1.20. The van der Waals surface area contributed by atoms with Crippen molar-refractivity contribution in [2.45, 2.75) is 41.7 Å². The molecule has 0 saturated heterocycles. The van der Waals surface area contributed by atoms with Crippen LogP contribution in [-0.2, 0) is 15.6 Å². The minimum Gasteiger partial charge on any atom is -0.302 e. The molecule has 1 aromatic rings. The van der Waals surface area contributed by atoms with E-state index in [2.05, 4.69) is 0 Å². The van der Waals surface area contributed by atoms with Crippen molar-refractivity contribution in [3.05, 3.63) is 30.3 Å². The number of rotatable bonds is 3. The first-order chi connectivity index (χ1) is 7.78. The van der Waals surface area contributed by atoms with E-state index in [1.165, 1.54) is 0 Å². The molecular formula is C13H16O2S. The third-order valence-electron chi connectivity index (χ3n) is 3.24. The second-order valence-corrected chi connectivity index (χ2v) is 6.15. The lowest BCUT2D eigenvalue weighted by atomic mass is 9.89. The van der Waals surface area contributed by atoms with Crippen LogP contribution in [0.5, 0.6) is 0 Å². The largest absolute Gasteiger partial charge is 0.302 e. The van der Waals surface area contributed by atoms with Gasteiger partial charge in [0.05, 0.1) is 10.8 Å². The lowest BCUT2D eigenvalue weighted by molar-refractivity contribution is -0.110. The summed E-state index contributed by atoms with van der Waals surface area (Å²) in [5.74, 6) is 0. The van der Waals surface area contributed by atoms with E-state index in [1.807, 2.05) is 30.3 Å². The number of aldehydes is 1. The van der Waals surface area contributed by atoms with Crippen LogP contribution in [0.25, 0.3) is 0 Å². The van der Waals surface area contributed by atoms with Crippen molar-refractivity contribution in [3.63, 3.8) is 0 Å². The van der Waals surface area contributed by atoms with Crippen molar-refractivity contribution in [3.8, 4) is 0 Å². The minimum absolute atomic E-state index is 0.625. The quantitative estimate of drug-likeness (QED) is 0.756. The zero-order chi connectivity index (χ0) is 11.4. The summed E-state index contributed by atoms with van der Waals surface area (Å²) in [6, 6.07) is 9.32. The summed E-state index contributed by atoms with van der Waals surface area (Å²) in [6.45, 7) is 0. The van der Waals surface area contributed by atoms with Gasteiger partial charge in [0.25, 0.3) is 0 Å². The Morgan fingerprint density at radius 2 is 1.69 bits per heavy atom. The Morgan fingerprint density at radius 3 is 2.25 bits per heavy atom. The SMILES string of the molecule is O=CC1(S(=O)c2ccccc2)CCCCC1. The third-order valence-corrected chi connectivity index (χ3v) is 5.18. The Kier molecular flexibility index (Phi) is 3.54. The van der Waals surface area contributed by atoms with E-state index in [0.717, 1.165) is 43.3 Å². The maximum atomic E-state index is 12.4. The van der Waals surface area contributed by atoms with Gasteiger partial charge in [-0.05, 0) is 25.0 Å². The van der Waals surface area contributed by atoms with E-state index in [0.29, 0.717) is 0 Å². The molecule has 1 aliphatic carbocycles. The van der Waals surface area contributed by atoms with Gasteiger partial charge in [0.15, 0.2) is 0 Å². The summed E-state index contributed by atoms with van der Waals surface area (Å²) in [7, 11) is -1.20. The molecule has 0 aliphatic heterocycles. The van der Waals surface area contributed by atoms with Gasteiger partial charge in [0, 0.05) is 4.90 Å². The molecule has 0 bridgehead atoms. The molecule has 1 aromatic carbocycles. The zero-order valence-electron chi connectivity index (χ0n) is 9.22. The fourth-order valence-electron chi connectivity index (χ4n) is 2.28. The number of carbonyl (C=O) groups is 1. The first-order valence-electron chi connectivity index (χ1n) is 5.72. The lowest BCUT2D eigenvalue weighted by Gasteiger charge is -2.30. The number of hydrogen-bond donors (Lipinski definition) is 0. The van der Waals surface area contributed by atoms with Crippen LogP contribution in [0.15, 0.2) is 35.2 Å². The fraction of sp³-hybridized carbons (Fsp3) is 0.462. The van der Waals surface area contributed by atoms with Crippen molar-refractivity contribution in [1.82, 2.24) is 0 Å². The molecule has 0 N–H and O–H groups in total. The van der Waals surface area contributed by atoms with Crippen LogP contribution in [0, 0.1) is 0 Å². The van der Waals surface area contributed by atoms with E-state index in [9.17, 15) is 9.00 Å². The molecule has 0 amide bonds. The summed E-state index contributed by atoms with van der Waals surface area (Å²) >= 11 is 0. The summed E-state index contributed by atoms with van der Waals surface area (Å²) in [5, 5.41) is 0. The average Bonchev–Trinajstić information content (AvgIpc) is 2.39. The van der Waals surface area contributed by atoms with Crippen LogP contribution in [0.3, 0.4) is 0 Å². The van der Waals surface area contributed by atoms with Gasteiger partial charge in [0.2, 0.25) is 0 Å². The Balaban J connectivity index is 2.28. The van der Waals surface area contributed by atoms with Crippen LogP contribution in [0.1, 0.15) is 32.1 Å². The second-order valence-electron chi connectivity index (χ2n) is 4.33. The highest BCUT2D eigenvalue weighted by molar-refractivity contribution is 7.87. The topological polar surface area (TPSA) is 34.1 Å². The van der Waals surface area contributed by atoms with Gasteiger partial charge in [-0.1, -0.05) is 37.5 Å². The molecule has 1 fully saturated rings. The molecule has 86 valence electrons. The maximum absolute atomic E-state index is 12.4. The number of benzene rings is 1. The Hall–Kier alpha value is -0.960. The standard InChI is InChI=1S/C13H16O2S/c14-11-13(9-5-2-6-10-13)16(15)12-7-3-1-4-8-12/h1,3-4,7-8,11H,2,5-6,9-10H2. The van der Waals surface area contributed by atoms with Crippen molar-refractivity contribution in [1.29, 1.82) is 0 Å². The van der Waals surface area contributed by atoms with Gasteiger partial charge in [-0.2, -0.15) is 0 Å². The predicted octanol–water partition coefficient (Wildman–Crippen LogP) is 2.70. The van der Waals surface area contributed by atoms with Crippen molar-refractivity contribution in [2.24, 2.45) is 0 Å². The molecule has 1 unspecified atom stereocenters. The van der Waals surface area contributed by atoms with E-state index in [-0.39, 0.29) is 0 Å². The molecule has 1 saturated carbocycles. The summed E-state index contributed by atoms with van der Waals surface area (Å²) in [5.41, 5.74) is 0. The summed E-state index contributed by atoms with van der Waals surface area (Å²) in [4.78, 5) is 12.1. The van der Waals surface area contributed by atoms with Crippen LogP contribution < -0.4 is 0 Å². The molecule has 0 heterocycles. The lowest BCUT2D eigenvalue weighted by Crippen LogP contribution is -2.38. The van der Waals surface area contributed by atoms with E-state index in [4.69, 9.17) is 0 Å². The van der Waals surface area contributed by atoms with Gasteiger partial charge in [-0.25, -0.2) is 0 Å². The Bertz CT molecular complexity index is 380. The number of hydrogen-bond acceptors (Lipinski definition) is 2. The monoisotopic (exact) mass is 236 g/mol. The first kappa shape index (κ1) is 11.5. The number of carbonyl (C=O) groups excluding carboxylic acids is 1. The Labute approximate surface area is 98.5 Å². The van der Waals surface area contributed by atoms with Crippen LogP contribution in [0.4, 0.5) is 0 Å². The molecule has 3 heteroatoms. The predicted molar refractivity (Wildman–Crippen MR) is 64.7 cm³/mol. The van der Waals surface area contributed by atoms with E-state index >= 15 is 0 Å². The second kappa shape index (κ2) is 4.91. The molecule has 0 spiro atoms. The molecule has 1 aliphatic rings. The Morgan fingerprint density at radius 1 is 1.06 bits per heavy atom. The normalized spacial score (nSPS) is 21.2. The average molecular weight is 236 g/mol. The van der Waals surface area contributed by atoms with Gasteiger partial charge in [-0.3, -0.25) is 4.21 Å². The molecule has 0 radical (unpaired) electrons. The molecule has 0 aromatic heterocycles. The van der Waals surface area contributed by atoms with Crippen LogP contribution >= 0.6 is 0 Å². The van der Waals surface area contributed by atoms with Crippen molar-refractivity contribution in [2.75, 3.05) is 0 Å².